The molecule has 0 bridgehead atoms. The molecule has 0 radical (unpaired) electrons. The van der Waals surface area contributed by atoms with Crippen molar-refractivity contribution in [2.45, 2.75) is 26.7 Å². The van der Waals surface area contributed by atoms with Crippen LogP contribution >= 0.6 is 0 Å². The van der Waals surface area contributed by atoms with E-state index in [2.05, 4.69) is 12.2 Å². The minimum absolute atomic E-state index is 0.0539. The molecule has 0 spiro atoms. The standard InChI is InChI=1S/C21H24N2O3/c1-4-15-10-17-12-19(26-3)8-9-20(17)23(13-15)21(25)16-6-5-7-18(11-16)22-14(2)24/h5-9,11-12,15H,4,10,13H2,1-3H3,(H,22,24). The predicted octanol–water partition coefficient (Wildman–Crippen LogP) is 3.88. The average molecular weight is 352 g/mol. The van der Waals surface area contributed by atoms with Crippen molar-refractivity contribution in [3.8, 4) is 5.75 Å². The molecule has 1 aliphatic heterocycles. The fraction of sp³-hybridized carbons (Fsp3) is 0.333. The van der Waals surface area contributed by atoms with Gasteiger partial charge in [0.05, 0.1) is 7.11 Å². The lowest BCUT2D eigenvalue weighted by molar-refractivity contribution is -0.114. The lowest BCUT2D eigenvalue weighted by Gasteiger charge is -2.34. The molecule has 0 saturated heterocycles. The second-order valence-corrected chi connectivity index (χ2v) is 6.65. The van der Waals surface area contributed by atoms with Crippen LogP contribution in [0.3, 0.4) is 0 Å². The largest absolute Gasteiger partial charge is 0.497 e. The predicted molar refractivity (Wildman–Crippen MR) is 103 cm³/mol. The first kappa shape index (κ1) is 18.0. The van der Waals surface area contributed by atoms with Gasteiger partial charge in [0.15, 0.2) is 0 Å². The highest BCUT2D eigenvalue weighted by Gasteiger charge is 2.28. The highest BCUT2D eigenvalue weighted by molar-refractivity contribution is 6.07. The van der Waals surface area contributed by atoms with Gasteiger partial charge in [-0.3, -0.25) is 9.59 Å². The summed E-state index contributed by atoms with van der Waals surface area (Å²) in [6.45, 7) is 4.30. The number of hydrogen-bond acceptors (Lipinski definition) is 3. The summed E-state index contributed by atoms with van der Waals surface area (Å²) in [5.74, 6) is 1.01. The van der Waals surface area contributed by atoms with Crippen LogP contribution in [0.1, 0.15) is 36.2 Å². The summed E-state index contributed by atoms with van der Waals surface area (Å²) in [7, 11) is 1.65. The topological polar surface area (TPSA) is 58.6 Å². The van der Waals surface area contributed by atoms with Crippen molar-refractivity contribution < 1.29 is 14.3 Å². The smallest absolute Gasteiger partial charge is 0.258 e. The Kier molecular flexibility index (Phi) is 5.26. The number of carbonyl (C=O) groups excluding carboxylic acids is 2. The van der Waals surface area contributed by atoms with Crippen molar-refractivity contribution in [3.05, 3.63) is 53.6 Å². The van der Waals surface area contributed by atoms with E-state index < -0.39 is 0 Å². The van der Waals surface area contributed by atoms with Crippen molar-refractivity contribution in [3.63, 3.8) is 0 Å². The molecule has 136 valence electrons. The number of methoxy groups -OCH3 is 1. The molecule has 1 N–H and O–H groups in total. The second kappa shape index (κ2) is 7.60. The van der Waals surface area contributed by atoms with Gasteiger partial charge in [-0.2, -0.15) is 0 Å². The molecule has 3 rings (SSSR count). The van der Waals surface area contributed by atoms with Crippen LogP contribution in [0.4, 0.5) is 11.4 Å². The van der Waals surface area contributed by atoms with Crippen LogP contribution in [0, 0.1) is 5.92 Å². The highest BCUT2D eigenvalue weighted by Crippen LogP contribution is 2.34. The molecule has 5 nitrogen and oxygen atoms in total. The molecule has 1 unspecified atom stereocenters. The number of amides is 2. The number of fused-ring (bicyclic) bond motifs is 1. The van der Waals surface area contributed by atoms with Gasteiger partial charge in [0.25, 0.3) is 5.91 Å². The van der Waals surface area contributed by atoms with Gasteiger partial charge in [-0.25, -0.2) is 0 Å². The molecule has 1 atom stereocenters. The fourth-order valence-corrected chi connectivity index (χ4v) is 3.40. The van der Waals surface area contributed by atoms with E-state index in [1.54, 1.807) is 31.4 Å². The van der Waals surface area contributed by atoms with Crippen LogP contribution in [0.15, 0.2) is 42.5 Å². The van der Waals surface area contributed by atoms with Gasteiger partial charge < -0.3 is 15.0 Å². The number of ether oxygens (including phenoxy) is 1. The Bertz CT molecular complexity index is 832. The number of nitrogens with zero attached hydrogens (tertiary/aromatic N) is 1. The summed E-state index contributed by atoms with van der Waals surface area (Å²) in [4.78, 5) is 26.3. The average Bonchev–Trinajstić information content (AvgIpc) is 2.65. The monoisotopic (exact) mass is 352 g/mol. The molecule has 1 aliphatic rings. The van der Waals surface area contributed by atoms with Gasteiger partial charge in [0.1, 0.15) is 5.75 Å². The van der Waals surface area contributed by atoms with Gasteiger partial charge in [-0.1, -0.05) is 19.4 Å². The van der Waals surface area contributed by atoms with Crippen LogP contribution in [0.25, 0.3) is 0 Å². The van der Waals surface area contributed by atoms with E-state index in [4.69, 9.17) is 4.74 Å². The van der Waals surface area contributed by atoms with E-state index in [1.807, 2.05) is 23.1 Å². The van der Waals surface area contributed by atoms with E-state index >= 15 is 0 Å². The third-order valence-electron chi connectivity index (χ3n) is 4.78. The molecule has 2 amide bonds. The number of hydrogen-bond donors (Lipinski definition) is 1. The molecule has 2 aromatic rings. The summed E-state index contributed by atoms with van der Waals surface area (Å²) < 4.78 is 5.34. The molecule has 0 saturated carbocycles. The molecule has 2 aromatic carbocycles. The van der Waals surface area contributed by atoms with Crippen LogP contribution in [0.2, 0.25) is 0 Å². The Hall–Kier alpha value is -2.82. The van der Waals surface area contributed by atoms with E-state index in [9.17, 15) is 9.59 Å². The summed E-state index contributed by atoms with van der Waals surface area (Å²) in [6.07, 6.45) is 1.95. The SMILES string of the molecule is CCC1Cc2cc(OC)ccc2N(C(=O)c2cccc(NC(C)=O)c2)C1. The Balaban J connectivity index is 1.95. The van der Waals surface area contributed by atoms with Crippen molar-refractivity contribution >= 4 is 23.2 Å². The number of carbonyl (C=O) groups is 2. The van der Waals surface area contributed by atoms with Gasteiger partial charge in [-0.15, -0.1) is 0 Å². The zero-order chi connectivity index (χ0) is 18.7. The van der Waals surface area contributed by atoms with Gasteiger partial charge in [0.2, 0.25) is 5.91 Å². The maximum Gasteiger partial charge on any atom is 0.258 e. The molecule has 0 aromatic heterocycles. The molecule has 5 heteroatoms. The van der Waals surface area contributed by atoms with E-state index in [-0.39, 0.29) is 11.8 Å². The number of nitrogens with one attached hydrogen (secondary N) is 1. The number of anilines is 2. The summed E-state index contributed by atoms with van der Waals surface area (Å²) >= 11 is 0. The van der Waals surface area contributed by atoms with Gasteiger partial charge >= 0.3 is 0 Å². The second-order valence-electron chi connectivity index (χ2n) is 6.65. The summed E-state index contributed by atoms with van der Waals surface area (Å²) in [5, 5.41) is 2.73. The Morgan fingerprint density at radius 3 is 2.73 bits per heavy atom. The molecular weight excluding hydrogens is 328 g/mol. The lowest BCUT2D eigenvalue weighted by atomic mass is 9.90. The van der Waals surface area contributed by atoms with Crippen LogP contribution in [-0.4, -0.2) is 25.5 Å². The molecule has 26 heavy (non-hydrogen) atoms. The first-order chi connectivity index (χ1) is 12.5. The first-order valence-electron chi connectivity index (χ1n) is 8.88. The number of rotatable bonds is 4. The third kappa shape index (κ3) is 3.72. The quantitative estimate of drug-likeness (QED) is 0.908. The molecule has 0 fully saturated rings. The van der Waals surface area contributed by atoms with Gasteiger partial charge in [-0.05, 0) is 54.3 Å². The highest BCUT2D eigenvalue weighted by atomic mass is 16.5. The lowest BCUT2D eigenvalue weighted by Crippen LogP contribution is -2.40. The van der Waals surface area contributed by atoms with Crippen LogP contribution in [0.5, 0.6) is 5.75 Å². The van der Waals surface area contributed by atoms with E-state index in [1.165, 1.54) is 6.92 Å². The normalized spacial score (nSPS) is 16.0. The Morgan fingerprint density at radius 1 is 1.23 bits per heavy atom. The zero-order valence-corrected chi connectivity index (χ0v) is 15.4. The summed E-state index contributed by atoms with van der Waals surface area (Å²) in [5.41, 5.74) is 3.26. The minimum atomic E-state index is -0.156. The van der Waals surface area contributed by atoms with E-state index in [0.29, 0.717) is 23.7 Å². The van der Waals surface area contributed by atoms with E-state index in [0.717, 1.165) is 29.8 Å². The fourth-order valence-electron chi connectivity index (χ4n) is 3.40. The maximum atomic E-state index is 13.2. The molecule has 0 aliphatic carbocycles. The third-order valence-corrected chi connectivity index (χ3v) is 4.78. The van der Waals surface area contributed by atoms with Gasteiger partial charge in [0, 0.05) is 30.4 Å². The Labute approximate surface area is 154 Å². The maximum absolute atomic E-state index is 13.2. The molecular formula is C21H24N2O3. The summed E-state index contributed by atoms with van der Waals surface area (Å²) in [6, 6.07) is 12.9. The number of benzene rings is 2. The van der Waals surface area contributed by atoms with Crippen molar-refractivity contribution in [2.75, 3.05) is 23.9 Å². The van der Waals surface area contributed by atoms with Crippen molar-refractivity contribution in [1.29, 1.82) is 0 Å². The first-order valence-corrected chi connectivity index (χ1v) is 8.88. The molecule has 1 heterocycles. The Morgan fingerprint density at radius 2 is 2.04 bits per heavy atom. The van der Waals surface area contributed by atoms with Crippen molar-refractivity contribution in [1.82, 2.24) is 0 Å². The van der Waals surface area contributed by atoms with Crippen molar-refractivity contribution in [2.24, 2.45) is 5.92 Å². The zero-order valence-electron chi connectivity index (χ0n) is 15.4. The van der Waals surface area contributed by atoms with Crippen LogP contribution in [-0.2, 0) is 11.2 Å². The minimum Gasteiger partial charge on any atom is -0.497 e. The van der Waals surface area contributed by atoms with Crippen LogP contribution < -0.4 is 15.0 Å².